The summed E-state index contributed by atoms with van der Waals surface area (Å²) in [5, 5.41) is 12.4. The van der Waals surface area contributed by atoms with Crippen molar-refractivity contribution in [3.63, 3.8) is 0 Å². The van der Waals surface area contributed by atoms with Crippen LogP contribution in [0.4, 0.5) is 10.1 Å². The summed E-state index contributed by atoms with van der Waals surface area (Å²) in [5.41, 5.74) is 4.91. The average Bonchev–Trinajstić information content (AvgIpc) is 2.75. The van der Waals surface area contributed by atoms with Crippen molar-refractivity contribution in [2.75, 3.05) is 12.4 Å². The Hall–Kier alpha value is -3.43. The third-order valence-electron chi connectivity index (χ3n) is 4.97. The zero-order valence-electron chi connectivity index (χ0n) is 18.0. The summed E-state index contributed by atoms with van der Waals surface area (Å²) in [7, 11) is 1.54. The summed E-state index contributed by atoms with van der Waals surface area (Å²) in [6.07, 6.45) is 1.97. The molecule has 0 radical (unpaired) electrons. The number of anilines is 1. The van der Waals surface area contributed by atoms with E-state index < -0.39 is 5.91 Å². The second kappa shape index (κ2) is 10.3. The normalized spacial score (nSPS) is 11.1. The molecule has 0 bridgehead atoms. The smallest absolute Gasteiger partial charge is 0.266 e. The van der Waals surface area contributed by atoms with Crippen molar-refractivity contribution in [3.05, 3.63) is 98.3 Å². The zero-order chi connectivity index (χ0) is 23.3. The molecule has 0 heterocycles. The van der Waals surface area contributed by atoms with Crippen LogP contribution in [0.25, 0.3) is 6.08 Å². The van der Waals surface area contributed by atoms with E-state index in [2.05, 4.69) is 21.2 Å². The number of hydrogen-bond acceptors (Lipinski definition) is 3. The molecule has 0 saturated carbocycles. The van der Waals surface area contributed by atoms with Crippen LogP contribution in [0.5, 0.6) is 5.75 Å². The Morgan fingerprint density at radius 3 is 2.62 bits per heavy atom. The van der Waals surface area contributed by atoms with Gasteiger partial charge in [0, 0.05) is 22.1 Å². The van der Waals surface area contributed by atoms with Gasteiger partial charge in [0.05, 0.1) is 7.11 Å². The fraction of sp³-hybridized carbons (Fsp3) is 0.154. The number of nitrogens with zero attached hydrogens (tertiary/aromatic N) is 1. The number of amides is 1. The number of rotatable bonds is 6. The van der Waals surface area contributed by atoms with Crippen LogP contribution in [0.3, 0.4) is 0 Å². The molecule has 0 aliphatic heterocycles. The number of hydrogen-bond donors (Lipinski definition) is 1. The van der Waals surface area contributed by atoms with Gasteiger partial charge in [-0.3, -0.25) is 4.79 Å². The minimum atomic E-state index is -0.488. The highest BCUT2D eigenvalue weighted by Gasteiger charge is 2.14. The number of benzene rings is 3. The molecule has 0 atom stereocenters. The van der Waals surface area contributed by atoms with Crippen LogP contribution < -0.4 is 10.1 Å². The third-order valence-corrected chi connectivity index (χ3v) is 5.68. The molecule has 0 aromatic heterocycles. The van der Waals surface area contributed by atoms with Crippen LogP contribution in [0.1, 0.15) is 27.8 Å². The highest BCUT2D eigenvalue weighted by molar-refractivity contribution is 9.10. The van der Waals surface area contributed by atoms with Gasteiger partial charge < -0.3 is 10.1 Å². The summed E-state index contributed by atoms with van der Waals surface area (Å²) in [6.45, 7) is 3.88. The molecule has 3 aromatic rings. The summed E-state index contributed by atoms with van der Waals surface area (Å²) in [5.74, 6) is -0.217. The maximum Gasteiger partial charge on any atom is 0.266 e. The van der Waals surface area contributed by atoms with Gasteiger partial charge in [0.25, 0.3) is 5.91 Å². The molecule has 6 heteroatoms. The first-order valence-corrected chi connectivity index (χ1v) is 10.7. The largest absolute Gasteiger partial charge is 0.496 e. The predicted molar refractivity (Wildman–Crippen MR) is 128 cm³/mol. The minimum absolute atomic E-state index is 0.0307. The number of nitriles is 1. The molecular formula is C26H22BrFN2O2. The maximum atomic E-state index is 13.6. The van der Waals surface area contributed by atoms with Gasteiger partial charge in [-0.2, -0.15) is 5.26 Å². The molecule has 3 aromatic carbocycles. The Morgan fingerprint density at radius 1 is 1.19 bits per heavy atom. The molecular weight excluding hydrogens is 471 g/mol. The van der Waals surface area contributed by atoms with E-state index in [1.54, 1.807) is 25.3 Å². The summed E-state index contributed by atoms with van der Waals surface area (Å²) >= 11 is 3.55. The number of ether oxygens (including phenoxy) is 1. The first-order valence-electron chi connectivity index (χ1n) is 9.92. The van der Waals surface area contributed by atoms with Crippen molar-refractivity contribution in [2.24, 2.45) is 0 Å². The quantitative estimate of drug-likeness (QED) is 0.322. The van der Waals surface area contributed by atoms with E-state index in [9.17, 15) is 14.4 Å². The maximum absolute atomic E-state index is 13.6. The van der Waals surface area contributed by atoms with E-state index in [4.69, 9.17) is 4.74 Å². The first kappa shape index (κ1) is 23.2. The molecule has 4 nitrogen and oxygen atoms in total. The average molecular weight is 493 g/mol. The topological polar surface area (TPSA) is 62.1 Å². The molecule has 3 rings (SSSR count). The van der Waals surface area contributed by atoms with Crippen LogP contribution in [0.15, 0.2) is 64.6 Å². The molecule has 0 spiro atoms. The van der Waals surface area contributed by atoms with Crippen LogP contribution in [-0.2, 0) is 11.2 Å². The number of carbonyl (C=O) groups is 1. The van der Waals surface area contributed by atoms with Gasteiger partial charge in [0.15, 0.2) is 0 Å². The zero-order valence-corrected chi connectivity index (χ0v) is 19.6. The van der Waals surface area contributed by atoms with Gasteiger partial charge >= 0.3 is 0 Å². The van der Waals surface area contributed by atoms with Gasteiger partial charge in [-0.15, -0.1) is 0 Å². The fourth-order valence-corrected chi connectivity index (χ4v) is 3.98. The van der Waals surface area contributed by atoms with Gasteiger partial charge in [-0.25, -0.2) is 4.39 Å². The molecule has 0 aliphatic carbocycles. The Balaban J connectivity index is 1.89. The van der Waals surface area contributed by atoms with E-state index in [-0.39, 0.29) is 11.4 Å². The molecule has 0 aliphatic rings. The lowest BCUT2D eigenvalue weighted by Gasteiger charge is -2.13. The molecule has 162 valence electrons. The number of methoxy groups -OCH3 is 1. The van der Waals surface area contributed by atoms with Gasteiger partial charge in [0.2, 0.25) is 0 Å². The van der Waals surface area contributed by atoms with Gasteiger partial charge in [-0.05, 0) is 66.9 Å². The SMILES string of the molecule is COc1cc(/C=C(\C#N)C(=O)Nc2ccc(C)cc2C)cc(Br)c1Cc1cccc(F)c1. The van der Waals surface area contributed by atoms with E-state index in [1.807, 2.05) is 44.2 Å². The van der Waals surface area contributed by atoms with E-state index in [0.717, 1.165) is 26.7 Å². The second-order valence-corrected chi connectivity index (χ2v) is 8.29. The molecule has 0 fully saturated rings. The Kier molecular flexibility index (Phi) is 7.45. The lowest BCUT2D eigenvalue weighted by Crippen LogP contribution is -2.14. The fourth-order valence-electron chi connectivity index (χ4n) is 3.38. The summed E-state index contributed by atoms with van der Waals surface area (Å²) in [6, 6.07) is 17.6. The van der Waals surface area contributed by atoms with E-state index in [1.165, 1.54) is 18.2 Å². The third kappa shape index (κ3) is 5.63. The van der Waals surface area contributed by atoms with Crippen molar-refractivity contribution >= 4 is 33.6 Å². The lowest BCUT2D eigenvalue weighted by molar-refractivity contribution is -0.112. The van der Waals surface area contributed by atoms with E-state index in [0.29, 0.717) is 23.4 Å². The molecule has 1 amide bonds. The van der Waals surface area contributed by atoms with Crippen molar-refractivity contribution < 1.29 is 13.9 Å². The highest BCUT2D eigenvalue weighted by Crippen LogP contribution is 2.32. The van der Waals surface area contributed by atoms with Crippen molar-refractivity contribution in [3.8, 4) is 11.8 Å². The lowest BCUT2D eigenvalue weighted by atomic mass is 10.0. The number of carbonyl (C=O) groups excluding carboxylic acids is 1. The van der Waals surface area contributed by atoms with Crippen LogP contribution in [-0.4, -0.2) is 13.0 Å². The Morgan fingerprint density at radius 2 is 1.97 bits per heavy atom. The van der Waals surface area contributed by atoms with Crippen LogP contribution in [0.2, 0.25) is 0 Å². The summed E-state index contributed by atoms with van der Waals surface area (Å²) in [4.78, 5) is 12.7. The summed E-state index contributed by atoms with van der Waals surface area (Å²) < 4.78 is 19.8. The second-order valence-electron chi connectivity index (χ2n) is 7.43. The minimum Gasteiger partial charge on any atom is -0.496 e. The van der Waals surface area contributed by atoms with Crippen molar-refractivity contribution in [1.29, 1.82) is 5.26 Å². The Bertz CT molecular complexity index is 1250. The number of halogens is 2. The molecule has 1 N–H and O–H groups in total. The van der Waals surface area contributed by atoms with Crippen LogP contribution in [0, 0.1) is 31.0 Å². The van der Waals surface area contributed by atoms with E-state index >= 15 is 0 Å². The molecule has 0 unspecified atom stereocenters. The first-order chi connectivity index (χ1) is 15.3. The predicted octanol–water partition coefficient (Wildman–Crippen LogP) is 6.35. The molecule has 0 saturated heterocycles. The van der Waals surface area contributed by atoms with Crippen molar-refractivity contribution in [1.82, 2.24) is 0 Å². The molecule has 32 heavy (non-hydrogen) atoms. The van der Waals surface area contributed by atoms with Gasteiger partial charge in [0.1, 0.15) is 23.2 Å². The van der Waals surface area contributed by atoms with Crippen LogP contribution >= 0.6 is 15.9 Å². The Labute approximate surface area is 195 Å². The number of nitrogens with one attached hydrogen (secondary N) is 1. The van der Waals surface area contributed by atoms with Gasteiger partial charge in [-0.1, -0.05) is 45.8 Å². The van der Waals surface area contributed by atoms with Crippen molar-refractivity contribution in [2.45, 2.75) is 20.3 Å². The monoisotopic (exact) mass is 492 g/mol. The number of aryl methyl sites for hydroxylation is 2. The highest BCUT2D eigenvalue weighted by atomic mass is 79.9. The standard InChI is InChI=1S/C26H22BrFN2O2/c1-16-7-8-24(17(2)9-16)30-26(31)20(15-29)10-19-13-23(27)22(25(14-19)32-3)12-18-5-4-6-21(28)11-18/h4-11,13-14H,12H2,1-3H3,(H,30,31)/b20-10+.